The molecule has 6 heteroatoms. The van der Waals surface area contributed by atoms with Gasteiger partial charge in [-0.2, -0.15) is 0 Å². The van der Waals surface area contributed by atoms with Crippen molar-refractivity contribution in [2.75, 3.05) is 12.4 Å². The van der Waals surface area contributed by atoms with Crippen LogP contribution in [-0.2, 0) is 6.54 Å². The van der Waals surface area contributed by atoms with E-state index in [0.717, 1.165) is 6.07 Å². The molecule has 0 fully saturated rings. The van der Waals surface area contributed by atoms with E-state index in [-0.39, 0.29) is 18.0 Å². The first-order valence-corrected chi connectivity index (χ1v) is 6.59. The van der Waals surface area contributed by atoms with Crippen molar-refractivity contribution < 1.29 is 13.6 Å². The molecular weight excluding hydrogens is 298 g/mol. The zero-order valence-electron chi connectivity index (χ0n) is 11.2. The topological polar surface area (TPSA) is 41.1 Å². The van der Waals surface area contributed by atoms with Gasteiger partial charge in [0.05, 0.1) is 10.6 Å². The van der Waals surface area contributed by atoms with Gasteiger partial charge in [-0.05, 0) is 24.3 Å². The lowest BCUT2D eigenvalue weighted by Gasteiger charge is -2.10. The van der Waals surface area contributed by atoms with Gasteiger partial charge < -0.3 is 10.6 Å². The molecule has 0 heterocycles. The normalized spacial score (nSPS) is 10.3. The lowest BCUT2D eigenvalue weighted by molar-refractivity contribution is 0.0963. The van der Waals surface area contributed by atoms with E-state index >= 15 is 0 Å². The van der Waals surface area contributed by atoms with Crippen LogP contribution in [0.2, 0.25) is 5.02 Å². The average molecular weight is 311 g/mol. The Bertz CT molecular complexity index is 677. The number of halogens is 3. The molecule has 1 amide bonds. The SMILES string of the molecule is CNC(=O)c1cc(NCc2cccc(F)c2F)ccc1Cl. The average Bonchev–Trinajstić information content (AvgIpc) is 2.49. The Labute approximate surface area is 125 Å². The Morgan fingerprint density at radius 1 is 1.24 bits per heavy atom. The van der Waals surface area contributed by atoms with Gasteiger partial charge in [0, 0.05) is 24.8 Å². The van der Waals surface area contributed by atoms with Crippen LogP contribution in [-0.4, -0.2) is 13.0 Å². The third-order valence-electron chi connectivity index (χ3n) is 2.95. The van der Waals surface area contributed by atoms with E-state index in [1.54, 1.807) is 18.2 Å². The molecule has 0 bridgehead atoms. The van der Waals surface area contributed by atoms with Gasteiger partial charge in [-0.15, -0.1) is 0 Å². The van der Waals surface area contributed by atoms with Crippen LogP contribution in [0.4, 0.5) is 14.5 Å². The number of amides is 1. The number of benzene rings is 2. The molecule has 0 radical (unpaired) electrons. The molecule has 0 saturated heterocycles. The quantitative estimate of drug-likeness (QED) is 0.906. The molecule has 0 aromatic heterocycles. The van der Waals surface area contributed by atoms with E-state index in [9.17, 15) is 13.6 Å². The number of hydrogen-bond acceptors (Lipinski definition) is 2. The number of carbonyl (C=O) groups is 1. The van der Waals surface area contributed by atoms with Gasteiger partial charge in [-0.3, -0.25) is 4.79 Å². The maximum Gasteiger partial charge on any atom is 0.252 e. The summed E-state index contributed by atoms with van der Waals surface area (Å²) in [5, 5.41) is 5.73. The number of hydrogen-bond donors (Lipinski definition) is 2. The second-order valence-electron chi connectivity index (χ2n) is 4.34. The minimum Gasteiger partial charge on any atom is -0.381 e. The molecule has 0 aliphatic heterocycles. The molecule has 0 saturated carbocycles. The first-order valence-electron chi connectivity index (χ1n) is 6.21. The highest BCUT2D eigenvalue weighted by molar-refractivity contribution is 6.34. The summed E-state index contributed by atoms with van der Waals surface area (Å²) in [7, 11) is 1.50. The predicted molar refractivity (Wildman–Crippen MR) is 78.5 cm³/mol. The van der Waals surface area contributed by atoms with Crippen LogP contribution in [0.3, 0.4) is 0 Å². The molecule has 0 atom stereocenters. The Hall–Kier alpha value is -2.14. The predicted octanol–water partition coefficient (Wildman–Crippen LogP) is 3.59. The molecule has 0 aliphatic rings. The highest BCUT2D eigenvalue weighted by Crippen LogP contribution is 2.21. The summed E-state index contributed by atoms with van der Waals surface area (Å²) in [4.78, 5) is 11.6. The fraction of sp³-hybridized carbons (Fsp3) is 0.133. The number of rotatable bonds is 4. The van der Waals surface area contributed by atoms with Crippen LogP contribution >= 0.6 is 11.6 Å². The zero-order valence-corrected chi connectivity index (χ0v) is 12.0. The molecule has 2 rings (SSSR count). The van der Waals surface area contributed by atoms with Crippen LogP contribution in [0, 0.1) is 11.6 Å². The van der Waals surface area contributed by atoms with Gasteiger partial charge in [-0.1, -0.05) is 23.7 Å². The van der Waals surface area contributed by atoms with Crippen molar-refractivity contribution in [2.45, 2.75) is 6.54 Å². The van der Waals surface area contributed by atoms with Gasteiger partial charge in [0.25, 0.3) is 5.91 Å². The van der Waals surface area contributed by atoms with E-state index in [1.165, 1.54) is 19.2 Å². The van der Waals surface area contributed by atoms with Crippen LogP contribution in [0.25, 0.3) is 0 Å². The minimum absolute atomic E-state index is 0.0956. The summed E-state index contributed by atoms with van der Waals surface area (Å²) in [5.41, 5.74) is 1.09. The van der Waals surface area contributed by atoms with Crippen LogP contribution in [0.5, 0.6) is 0 Å². The molecule has 21 heavy (non-hydrogen) atoms. The van der Waals surface area contributed by atoms with E-state index in [1.807, 2.05) is 0 Å². The standard InChI is InChI=1S/C15H13ClF2N2O/c1-19-15(21)11-7-10(5-6-12(11)16)20-8-9-3-2-4-13(17)14(9)18/h2-7,20H,8H2,1H3,(H,19,21). The Morgan fingerprint density at radius 3 is 2.71 bits per heavy atom. The largest absolute Gasteiger partial charge is 0.381 e. The molecule has 2 aromatic carbocycles. The summed E-state index contributed by atoms with van der Waals surface area (Å²) >= 11 is 5.93. The van der Waals surface area contributed by atoms with Crippen molar-refractivity contribution in [1.82, 2.24) is 5.32 Å². The summed E-state index contributed by atoms with van der Waals surface area (Å²) in [6.45, 7) is 0.0956. The second-order valence-corrected chi connectivity index (χ2v) is 4.75. The van der Waals surface area contributed by atoms with E-state index in [4.69, 9.17) is 11.6 Å². The zero-order chi connectivity index (χ0) is 15.4. The fourth-order valence-corrected chi connectivity index (χ4v) is 2.03. The number of anilines is 1. The smallest absolute Gasteiger partial charge is 0.252 e. The van der Waals surface area contributed by atoms with E-state index in [0.29, 0.717) is 16.3 Å². The Kier molecular flexibility index (Phi) is 4.75. The van der Waals surface area contributed by atoms with Crippen molar-refractivity contribution in [3.63, 3.8) is 0 Å². The van der Waals surface area contributed by atoms with Gasteiger partial charge in [0.15, 0.2) is 11.6 Å². The molecule has 0 aliphatic carbocycles. The lowest BCUT2D eigenvalue weighted by atomic mass is 10.1. The highest BCUT2D eigenvalue weighted by Gasteiger charge is 2.11. The summed E-state index contributed by atoms with van der Waals surface area (Å²) in [6, 6.07) is 8.76. The maximum atomic E-state index is 13.5. The molecule has 110 valence electrons. The highest BCUT2D eigenvalue weighted by atomic mass is 35.5. The molecule has 2 aromatic rings. The molecule has 3 nitrogen and oxygen atoms in total. The molecule has 0 unspecified atom stereocenters. The second kappa shape index (κ2) is 6.54. The summed E-state index contributed by atoms with van der Waals surface area (Å²) < 4.78 is 26.6. The summed E-state index contributed by atoms with van der Waals surface area (Å²) in [6.07, 6.45) is 0. The number of nitrogens with one attached hydrogen (secondary N) is 2. The Morgan fingerprint density at radius 2 is 2.00 bits per heavy atom. The van der Waals surface area contributed by atoms with Crippen molar-refractivity contribution >= 4 is 23.2 Å². The van der Waals surface area contributed by atoms with Crippen LogP contribution < -0.4 is 10.6 Å². The summed E-state index contributed by atoms with van der Waals surface area (Å²) in [5.74, 6) is -2.09. The van der Waals surface area contributed by atoms with Crippen molar-refractivity contribution in [1.29, 1.82) is 0 Å². The van der Waals surface area contributed by atoms with Crippen LogP contribution in [0.1, 0.15) is 15.9 Å². The number of carbonyl (C=O) groups excluding carboxylic acids is 1. The fourth-order valence-electron chi connectivity index (χ4n) is 1.83. The molecular formula is C15H13ClF2N2O. The van der Waals surface area contributed by atoms with Crippen molar-refractivity contribution in [3.8, 4) is 0 Å². The third kappa shape index (κ3) is 3.49. The van der Waals surface area contributed by atoms with E-state index in [2.05, 4.69) is 10.6 Å². The molecule has 2 N–H and O–H groups in total. The monoisotopic (exact) mass is 310 g/mol. The van der Waals surface area contributed by atoms with Gasteiger partial charge in [-0.25, -0.2) is 8.78 Å². The lowest BCUT2D eigenvalue weighted by Crippen LogP contribution is -2.18. The Balaban J connectivity index is 2.17. The van der Waals surface area contributed by atoms with Gasteiger partial charge in [0.2, 0.25) is 0 Å². The van der Waals surface area contributed by atoms with Gasteiger partial charge in [0.1, 0.15) is 0 Å². The van der Waals surface area contributed by atoms with E-state index < -0.39 is 11.6 Å². The molecule has 0 spiro atoms. The minimum atomic E-state index is -0.892. The maximum absolute atomic E-state index is 13.5. The van der Waals surface area contributed by atoms with Crippen molar-refractivity contribution in [3.05, 3.63) is 64.2 Å². The first-order chi connectivity index (χ1) is 10.0. The third-order valence-corrected chi connectivity index (χ3v) is 3.28. The van der Waals surface area contributed by atoms with Crippen molar-refractivity contribution in [2.24, 2.45) is 0 Å². The van der Waals surface area contributed by atoms with Gasteiger partial charge >= 0.3 is 0 Å². The first kappa shape index (κ1) is 15.3. The van der Waals surface area contributed by atoms with Crippen LogP contribution in [0.15, 0.2) is 36.4 Å².